The van der Waals surface area contributed by atoms with Gasteiger partial charge < -0.3 is 15.4 Å². The van der Waals surface area contributed by atoms with E-state index in [-0.39, 0.29) is 5.91 Å². The summed E-state index contributed by atoms with van der Waals surface area (Å²) in [5, 5.41) is 11.0. The normalized spacial score (nSPS) is 18.7. The van der Waals surface area contributed by atoms with E-state index in [0.29, 0.717) is 24.8 Å². The molecule has 6 nitrogen and oxygen atoms in total. The van der Waals surface area contributed by atoms with Gasteiger partial charge >= 0.3 is 0 Å². The summed E-state index contributed by atoms with van der Waals surface area (Å²) in [7, 11) is 1.69. The molecule has 0 radical (unpaired) electrons. The Morgan fingerprint density at radius 3 is 3.00 bits per heavy atom. The van der Waals surface area contributed by atoms with Gasteiger partial charge in [-0.25, -0.2) is 0 Å². The van der Waals surface area contributed by atoms with Crippen LogP contribution in [0.3, 0.4) is 0 Å². The molecule has 0 atom stereocenters. The molecule has 0 spiro atoms. The predicted molar refractivity (Wildman–Crippen MR) is 88.4 cm³/mol. The van der Waals surface area contributed by atoms with Gasteiger partial charge in [-0.2, -0.15) is 5.10 Å². The number of carbonyl (C=O) groups is 1. The Morgan fingerprint density at radius 1 is 1.39 bits per heavy atom. The van der Waals surface area contributed by atoms with E-state index in [1.54, 1.807) is 7.11 Å². The molecule has 2 heterocycles. The van der Waals surface area contributed by atoms with Crippen molar-refractivity contribution >= 4 is 5.91 Å². The van der Waals surface area contributed by atoms with Gasteiger partial charge in [0.05, 0.1) is 13.2 Å². The van der Waals surface area contributed by atoms with Crippen LogP contribution in [0.2, 0.25) is 0 Å². The molecule has 128 valence electrons. The highest BCUT2D eigenvalue weighted by molar-refractivity contribution is 5.94. The molecule has 1 aliphatic heterocycles. The molecule has 1 aromatic heterocycles. The van der Waals surface area contributed by atoms with E-state index in [4.69, 9.17) is 4.74 Å². The second-order valence-electron chi connectivity index (χ2n) is 6.63. The highest BCUT2D eigenvalue weighted by Gasteiger charge is 2.25. The number of hydrogen-bond acceptors (Lipinski definition) is 4. The van der Waals surface area contributed by atoms with Gasteiger partial charge in [-0.05, 0) is 18.8 Å². The summed E-state index contributed by atoms with van der Waals surface area (Å²) in [5.41, 5.74) is 2.84. The fourth-order valence-corrected chi connectivity index (χ4v) is 3.68. The maximum absolute atomic E-state index is 12.6. The number of fused-ring (bicyclic) bond motifs is 1. The Hall–Kier alpha value is -1.40. The fourth-order valence-electron chi connectivity index (χ4n) is 3.68. The van der Waals surface area contributed by atoms with Gasteiger partial charge in [0.25, 0.3) is 5.91 Å². The van der Waals surface area contributed by atoms with E-state index >= 15 is 0 Å². The lowest BCUT2D eigenvalue weighted by molar-refractivity contribution is 0.0936. The largest absolute Gasteiger partial charge is 0.383 e. The van der Waals surface area contributed by atoms with Crippen molar-refractivity contribution in [1.82, 2.24) is 20.4 Å². The zero-order valence-corrected chi connectivity index (χ0v) is 14.1. The summed E-state index contributed by atoms with van der Waals surface area (Å²) in [5.74, 6) is 0.615. The SMILES string of the molecule is COCCn1nc(C(=O)NCC2CCCCC2)c2c1CCNC2. The van der Waals surface area contributed by atoms with Gasteiger partial charge in [-0.15, -0.1) is 0 Å². The lowest BCUT2D eigenvalue weighted by Crippen LogP contribution is -2.32. The van der Waals surface area contributed by atoms with Crippen molar-refractivity contribution in [3.63, 3.8) is 0 Å². The van der Waals surface area contributed by atoms with Gasteiger partial charge in [0.2, 0.25) is 0 Å². The third-order valence-electron chi connectivity index (χ3n) is 5.01. The third-order valence-corrected chi connectivity index (χ3v) is 5.01. The van der Waals surface area contributed by atoms with Crippen molar-refractivity contribution in [3.05, 3.63) is 17.0 Å². The lowest BCUT2D eigenvalue weighted by atomic mass is 9.89. The van der Waals surface area contributed by atoms with Crippen LogP contribution in [0.4, 0.5) is 0 Å². The molecule has 1 fully saturated rings. The van der Waals surface area contributed by atoms with Gasteiger partial charge in [-0.1, -0.05) is 19.3 Å². The van der Waals surface area contributed by atoms with Crippen molar-refractivity contribution in [3.8, 4) is 0 Å². The number of hydrogen-bond donors (Lipinski definition) is 2. The Labute approximate surface area is 138 Å². The molecule has 2 N–H and O–H groups in total. The first-order chi connectivity index (χ1) is 11.3. The molecule has 0 unspecified atom stereocenters. The van der Waals surface area contributed by atoms with Crippen LogP contribution >= 0.6 is 0 Å². The zero-order chi connectivity index (χ0) is 16.1. The summed E-state index contributed by atoms with van der Waals surface area (Å²) >= 11 is 0. The molecule has 0 aromatic carbocycles. The molecule has 1 amide bonds. The predicted octanol–water partition coefficient (Wildman–Crippen LogP) is 1.49. The maximum atomic E-state index is 12.6. The number of carbonyl (C=O) groups excluding carboxylic acids is 1. The van der Waals surface area contributed by atoms with Crippen LogP contribution < -0.4 is 10.6 Å². The first kappa shape index (κ1) is 16.5. The topological polar surface area (TPSA) is 68.2 Å². The summed E-state index contributed by atoms with van der Waals surface area (Å²) < 4.78 is 7.11. The smallest absolute Gasteiger partial charge is 0.272 e. The Balaban J connectivity index is 1.67. The van der Waals surface area contributed by atoms with Crippen LogP contribution in [-0.2, 0) is 24.2 Å². The molecule has 1 saturated carbocycles. The lowest BCUT2D eigenvalue weighted by Gasteiger charge is -2.21. The van der Waals surface area contributed by atoms with Gasteiger partial charge in [-0.3, -0.25) is 9.48 Å². The minimum Gasteiger partial charge on any atom is -0.383 e. The molecule has 1 aromatic rings. The number of nitrogens with zero attached hydrogens (tertiary/aromatic N) is 2. The fraction of sp³-hybridized carbons (Fsp3) is 0.765. The van der Waals surface area contributed by atoms with E-state index < -0.39 is 0 Å². The number of rotatable bonds is 6. The summed E-state index contributed by atoms with van der Waals surface area (Å²) in [6.07, 6.45) is 7.33. The van der Waals surface area contributed by atoms with E-state index in [0.717, 1.165) is 31.6 Å². The third kappa shape index (κ3) is 3.93. The molecule has 6 heteroatoms. The zero-order valence-electron chi connectivity index (χ0n) is 14.1. The van der Waals surface area contributed by atoms with Gasteiger partial charge in [0.15, 0.2) is 5.69 Å². The van der Waals surface area contributed by atoms with E-state index in [1.165, 1.54) is 37.8 Å². The Morgan fingerprint density at radius 2 is 2.22 bits per heavy atom. The van der Waals surface area contributed by atoms with Crippen LogP contribution in [0, 0.1) is 5.92 Å². The van der Waals surface area contributed by atoms with Crippen LogP contribution in [0.5, 0.6) is 0 Å². The molecule has 0 saturated heterocycles. The number of nitrogens with one attached hydrogen (secondary N) is 2. The quantitative estimate of drug-likeness (QED) is 0.833. The average molecular weight is 320 g/mol. The van der Waals surface area contributed by atoms with E-state index in [2.05, 4.69) is 15.7 Å². The number of amides is 1. The summed E-state index contributed by atoms with van der Waals surface area (Å²) in [6, 6.07) is 0. The van der Waals surface area contributed by atoms with Crippen molar-refractivity contribution < 1.29 is 9.53 Å². The summed E-state index contributed by atoms with van der Waals surface area (Å²) in [6.45, 7) is 3.77. The van der Waals surface area contributed by atoms with Crippen LogP contribution in [-0.4, -0.2) is 42.5 Å². The van der Waals surface area contributed by atoms with Crippen LogP contribution in [0.15, 0.2) is 0 Å². The minimum absolute atomic E-state index is 0.0216. The second-order valence-corrected chi connectivity index (χ2v) is 6.63. The van der Waals surface area contributed by atoms with E-state index in [9.17, 15) is 4.79 Å². The second kappa shape index (κ2) is 7.93. The first-order valence-electron chi connectivity index (χ1n) is 8.86. The van der Waals surface area contributed by atoms with Crippen molar-refractivity contribution in [1.29, 1.82) is 0 Å². The highest BCUT2D eigenvalue weighted by Crippen LogP contribution is 2.23. The minimum atomic E-state index is -0.0216. The maximum Gasteiger partial charge on any atom is 0.272 e. The number of methoxy groups -OCH3 is 1. The molecule has 23 heavy (non-hydrogen) atoms. The molecule has 0 bridgehead atoms. The molecule has 2 aliphatic rings. The standard InChI is InChI=1S/C17H28N4O2/c1-23-10-9-21-15-7-8-18-12-14(15)16(20-21)17(22)19-11-13-5-3-2-4-6-13/h13,18H,2-12H2,1H3,(H,19,22). The molecule has 1 aliphatic carbocycles. The average Bonchev–Trinajstić information content (AvgIpc) is 2.98. The monoisotopic (exact) mass is 320 g/mol. The highest BCUT2D eigenvalue weighted by atomic mass is 16.5. The van der Waals surface area contributed by atoms with Crippen molar-refractivity contribution in [2.24, 2.45) is 5.92 Å². The van der Waals surface area contributed by atoms with Crippen LogP contribution in [0.1, 0.15) is 53.8 Å². The van der Waals surface area contributed by atoms with E-state index in [1.807, 2.05) is 4.68 Å². The van der Waals surface area contributed by atoms with Gasteiger partial charge in [0, 0.05) is 44.4 Å². The Bertz CT molecular complexity index is 535. The van der Waals surface area contributed by atoms with Crippen LogP contribution in [0.25, 0.3) is 0 Å². The number of ether oxygens (including phenoxy) is 1. The molecule has 3 rings (SSSR count). The number of aromatic nitrogens is 2. The molecular weight excluding hydrogens is 292 g/mol. The van der Waals surface area contributed by atoms with Crippen molar-refractivity contribution in [2.45, 2.75) is 51.6 Å². The van der Waals surface area contributed by atoms with Gasteiger partial charge in [0.1, 0.15) is 0 Å². The first-order valence-corrected chi connectivity index (χ1v) is 8.86. The Kier molecular flexibility index (Phi) is 5.67. The van der Waals surface area contributed by atoms with Crippen molar-refractivity contribution in [2.75, 3.05) is 26.8 Å². The molecular formula is C17H28N4O2. The summed E-state index contributed by atoms with van der Waals surface area (Å²) in [4.78, 5) is 12.6.